The molecule has 4 bridgehead atoms. The zero-order chi connectivity index (χ0) is 11.4. The highest BCUT2D eigenvalue weighted by Crippen LogP contribution is 2.65. The topological polar surface area (TPSA) is 26.3 Å². The van der Waals surface area contributed by atoms with Gasteiger partial charge in [-0.3, -0.25) is 9.08 Å². The van der Waals surface area contributed by atoms with Crippen molar-refractivity contribution in [2.24, 2.45) is 22.7 Å². The summed E-state index contributed by atoms with van der Waals surface area (Å²) >= 11 is 11.3. The van der Waals surface area contributed by atoms with Crippen LogP contribution in [0.25, 0.3) is 0 Å². The average Bonchev–Trinajstić information content (AvgIpc) is 2.14. The predicted molar refractivity (Wildman–Crippen MR) is 62.2 cm³/mol. The smallest absolute Gasteiger partial charge is 0.227 e. The molecule has 0 aromatic rings. The van der Waals surface area contributed by atoms with Gasteiger partial charge >= 0.3 is 0 Å². The lowest BCUT2D eigenvalue weighted by molar-refractivity contribution is -0.151. The SMILES string of the molecule is O=C(Cl)C12CC3CC(CC(COCl)(C3)C1)C2. The Morgan fingerprint density at radius 2 is 1.88 bits per heavy atom. The minimum atomic E-state index is -0.249. The molecule has 90 valence electrons. The molecule has 0 spiro atoms. The number of hydrogen-bond acceptors (Lipinski definition) is 2. The maximum atomic E-state index is 11.7. The van der Waals surface area contributed by atoms with Crippen molar-refractivity contribution in [2.75, 3.05) is 6.61 Å². The van der Waals surface area contributed by atoms with Crippen LogP contribution in [0.3, 0.4) is 0 Å². The van der Waals surface area contributed by atoms with E-state index in [9.17, 15) is 4.79 Å². The van der Waals surface area contributed by atoms with Crippen LogP contribution in [-0.4, -0.2) is 11.8 Å². The third-order valence-corrected chi connectivity index (χ3v) is 5.47. The van der Waals surface area contributed by atoms with Crippen molar-refractivity contribution in [2.45, 2.75) is 38.5 Å². The molecule has 4 fully saturated rings. The Morgan fingerprint density at radius 1 is 1.25 bits per heavy atom. The summed E-state index contributed by atoms with van der Waals surface area (Å²) in [7, 11) is 0. The van der Waals surface area contributed by atoms with E-state index in [1.807, 2.05) is 0 Å². The van der Waals surface area contributed by atoms with Gasteiger partial charge in [-0.1, -0.05) is 0 Å². The Labute approximate surface area is 106 Å². The fourth-order valence-corrected chi connectivity index (χ4v) is 5.42. The van der Waals surface area contributed by atoms with Crippen LogP contribution < -0.4 is 0 Å². The predicted octanol–water partition coefficient (Wildman–Crippen LogP) is 3.51. The quantitative estimate of drug-likeness (QED) is 0.728. The average molecular weight is 263 g/mol. The summed E-state index contributed by atoms with van der Waals surface area (Å²) in [4.78, 5) is 11.7. The van der Waals surface area contributed by atoms with Crippen molar-refractivity contribution in [3.63, 3.8) is 0 Å². The van der Waals surface area contributed by atoms with Crippen molar-refractivity contribution in [3.8, 4) is 0 Å². The molecule has 0 N–H and O–H groups in total. The lowest BCUT2D eigenvalue weighted by Crippen LogP contribution is -2.55. The molecule has 2 unspecified atom stereocenters. The Balaban J connectivity index is 1.93. The zero-order valence-corrected chi connectivity index (χ0v) is 10.7. The molecular formula is C12H16Cl2O2. The highest BCUT2D eigenvalue weighted by molar-refractivity contribution is 6.64. The minimum absolute atomic E-state index is 0.124. The summed E-state index contributed by atoms with van der Waals surface area (Å²) in [5, 5.41) is -0.124. The van der Waals surface area contributed by atoms with E-state index in [1.165, 1.54) is 19.3 Å². The number of rotatable bonds is 3. The molecule has 4 heteroatoms. The second-order valence-electron chi connectivity index (χ2n) is 6.27. The number of carbonyl (C=O) groups is 1. The van der Waals surface area contributed by atoms with Gasteiger partial charge in [-0.15, -0.1) is 0 Å². The second-order valence-corrected chi connectivity index (χ2v) is 6.83. The molecule has 4 rings (SSSR count). The summed E-state index contributed by atoms with van der Waals surface area (Å²) in [6.45, 7) is 0.577. The molecule has 4 aliphatic carbocycles. The Kier molecular flexibility index (Phi) is 2.54. The molecular weight excluding hydrogens is 247 g/mol. The summed E-state index contributed by atoms with van der Waals surface area (Å²) in [6.07, 6.45) is 6.49. The molecule has 2 atom stereocenters. The van der Waals surface area contributed by atoms with E-state index in [0.29, 0.717) is 18.4 Å². The Morgan fingerprint density at radius 3 is 2.38 bits per heavy atom. The first kappa shape index (κ1) is 11.3. The van der Waals surface area contributed by atoms with E-state index in [4.69, 9.17) is 27.8 Å². The second kappa shape index (κ2) is 3.60. The lowest BCUT2D eigenvalue weighted by Gasteiger charge is -2.60. The standard InChI is InChI=1S/C12H16Cl2O2/c13-10(15)12-4-8-1-9(5-12)3-11(2-8,6-12)7-16-14/h8-9H,1-7H2. The van der Waals surface area contributed by atoms with Crippen LogP contribution in [0.2, 0.25) is 0 Å². The van der Waals surface area contributed by atoms with Gasteiger partial charge in [0.15, 0.2) is 0 Å². The fraction of sp³-hybridized carbons (Fsp3) is 0.917. The van der Waals surface area contributed by atoms with Gasteiger partial charge in [0, 0.05) is 5.41 Å². The van der Waals surface area contributed by atoms with Crippen LogP contribution in [-0.2, 0) is 9.08 Å². The fourth-order valence-electron chi connectivity index (χ4n) is 4.97. The van der Waals surface area contributed by atoms with Gasteiger partial charge in [0.1, 0.15) is 0 Å². The molecule has 0 aliphatic heterocycles. The number of hydrogen-bond donors (Lipinski definition) is 0. The minimum Gasteiger partial charge on any atom is -0.281 e. The first-order valence-corrected chi connectivity index (χ1v) is 6.70. The lowest BCUT2D eigenvalue weighted by atomic mass is 9.44. The zero-order valence-electron chi connectivity index (χ0n) is 9.18. The first-order chi connectivity index (χ1) is 7.57. The highest BCUT2D eigenvalue weighted by Gasteiger charge is 2.60. The Bertz CT molecular complexity index is 315. The molecule has 0 saturated heterocycles. The van der Waals surface area contributed by atoms with Gasteiger partial charge < -0.3 is 0 Å². The molecule has 16 heavy (non-hydrogen) atoms. The van der Waals surface area contributed by atoms with Crippen molar-refractivity contribution < 1.29 is 9.08 Å². The maximum Gasteiger partial charge on any atom is 0.227 e. The summed E-state index contributed by atoms with van der Waals surface area (Å²) in [6, 6.07) is 0. The first-order valence-electron chi connectivity index (χ1n) is 6.01. The summed E-state index contributed by atoms with van der Waals surface area (Å²) in [5.41, 5.74) is -0.114. The summed E-state index contributed by atoms with van der Waals surface area (Å²) in [5.74, 6) is 1.33. The monoisotopic (exact) mass is 262 g/mol. The van der Waals surface area contributed by atoms with E-state index in [-0.39, 0.29) is 16.1 Å². The van der Waals surface area contributed by atoms with Gasteiger partial charge in [0.25, 0.3) is 0 Å². The van der Waals surface area contributed by atoms with E-state index in [0.717, 1.165) is 19.3 Å². The molecule has 4 saturated carbocycles. The van der Waals surface area contributed by atoms with E-state index in [2.05, 4.69) is 0 Å². The summed E-state index contributed by atoms with van der Waals surface area (Å²) < 4.78 is 4.87. The van der Waals surface area contributed by atoms with Crippen LogP contribution >= 0.6 is 23.5 Å². The third-order valence-electron chi connectivity index (χ3n) is 4.96. The molecule has 4 aliphatic rings. The molecule has 0 aromatic carbocycles. The third kappa shape index (κ3) is 1.53. The van der Waals surface area contributed by atoms with Crippen LogP contribution in [0.4, 0.5) is 0 Å². The van der Waals surface area contributed by atoms with Gasteiger partial charge in [-0.25, -0.2) is 0 Å². The van der Waals surface area contributed by atoms with Crippen LogP contribution in [0.1, 0.15) is 38.5 Å². The van der Waals surface area contributed by atoms with Gasteiger partial charge in [0.05, 0.1) is 18.5 Å². The number of halogens is 2. The normalized spacial score (nSPS) is 49.6. The molecule has 2 nitrogen and oxygen atoms in total. The van der Waals surface area contributed by atoms with Crippen molar-refractivity contribution in [1.82, 2.24) is 0 Å². The Hall–Kier alpha value is 0.210. The van der Waals surface area contributed by atoms with Crippen LogP contribution in [0.5, 0.6) is 0 Å². The van der Waals surface area contributed by atoms with Gasteiger partial charge in [0.2, 0.25) is 5.24 Å². The van der Waals surface area contributed by atoms with Crippen molar-refractivity contribution in [1.29, 1.82) is 0 Å². The van der Waals surface area contributed by atoms with E-state index >= 15 is 0 Å². The van der Waals surface area contributed by atoms with Gasteiger partial charge in [-0.05, 0) is 67.4 Å². The van der Waals surface area contributed by atoms with Crippen molar-refractivity contribution >= 4 is 28.7 Å². The maximum absolute atomic E-state index is 11.7. The van der Waals surface area contributed by atoms with Gasteiger partial charge in [-0.2, -0.15) is 0 Å². The highest BCUT2D eigenvalue weighted by atomic mass is 35.5. The molecule has 0 amide bonds. The van der Waals surface area contributed by atoms with Crippen LogP contribution in [0.15, 0.2) is 0 Å². The molecule has 0 heterocycles. The molecule has 0 aromatic heterocycles. The van der Waals surface area contributed by atoms with Crippen molar-refractivity contribution in [3.05, 3.63) is 0 Å². The van der Waals surface area contributed by atoms with Crippen LogP contribution in [0, 0.1) is 22.7 Å². The van der Waals surface area contributed by atoms with E-state index < -0.39 is 0 Å². The van der Waals surface area contributed by atoms with E-state index in [1.54, 1.807) is 0 Å². The molecule has 0 radical (unpaired) electrons. The number of carbonyl (C=O) groups excluding carboxylic acids is 1. The largest absolute Gasteiger partial charge is 0.281 e.